The lowest BCUT2D eigenvalue weighted by atomic mass is 10.2. The van der Waals surface area contributed by atoms with Gasteiger partial charge in [0.15, 0.2) is 0 Å². The van der Waals surface area contributed by atoms with Crippen LogP contribution >= 0.6 is 22.9 Å². The summed E-state index contributed by atoms with van der Waals surface area (Å²) in [5.74, 6) is -0.465. The number of benzene rings is 1. The monoisotopic (exact) mass is 354 g/mol. The summed E-state index contributed by atoms with van der Waals surface area (Å²) >= 11 is 7.68. The SMILES string of the molecule is CC(c1cccs1)N(C)CC(=O)N(C)Cc1c(F)cccc1Cl. The van der Waals surface area contributed by atoms with E-state index in [1.807, 2.05) is 23.4 Å². The van der Waals surface area contributed by atoms with Crippen molar-refractivity contribution in [3.05, 3.63) is 57.0 Å². The van der Waals surface area contributed by atoms with Crippen molar-refractivity contribution in [2.24, 2.45) is 0 Å². The normalized spacial score (nSPS) is 12.4. The molecule has 1 atom stereocenters. The molecule has 1 amide bonds. The highest BCUT2D eigenvalue weighted by molar-refractivity contribution is 7.10. The minimum absolute atomic E-state index is 0.0739. The highest BCUT2D eigenvalue weighted by Crippen LogP contribution is 2.24. The molecule has 6 heteroatoms. The molecule has 23 heavy (non-hydrogen) atoms. The van der Waals surface area contributed by atoms with Crippen LogP contribution in [-0.4, -0.2) is 36.3 Å². The molecule has 0 saturated heterocycles. The third-order valence-electron chi connectivity index (χ3n) is 3.88. The predicted octanol–water partition coefficient (Wildman–Crippen LogP) is 4.19. The van der Waals surface area contributed by atoms with E-state index in [0.717, 1.165) is 0 Å². The molecule has 1 heterocycles. The van der Waals surface area contributed by atoms with E-state index in [-0.39, 0.29) is 25.0 Å². The molecule has 3 nitrogen and oxygen atoms in total. The number of hydrogen-bond donors (Lipinski definition) is 0. The fourth-order valence-corrected chi connectivity index (χ4v) is 3.30. The standard InChI is InChI=1S/C17H20ClFN2OS/c1-12(16-8-5-9-23-16)20(2)11-17(22)21(3)10-13-14(18)6-4-7-15(13)19/h4-9,12H,10-11H2,1-3H3. The lowest BCUT2D eigenvalue weighted by molar-refractivity contribution is -0.131. The van der Waals surface area contributed by atoms with Crippen LogP contribution in [0.4, 0.5) is 4.39 Å². The van der Waals surface area contributed by atoms with Gasteiger partial charge in [0.25, 0.3) is 0 Å². The van der Waals surface area contributed by atoms with E-state index in [2.05, 4.69) is 13.0 Å². The fourth-order valence-electron chi connectivity index (χ4n) is 2.23. The molecule has 1 unspecified atom stereocenters. The van der Waals surface area contributed by atoms with Gasteiger partial charge in [-0.05, 0) is 37.6 Å². The van der Waals surface area contributed by atoms with Crippen LogP contribution in [0.1, 0.15) is 23.4 Å². The van der Waals surface area contributed by atoms with Crippen molar-refractivity contribution in [2.75, 3.05) is 20.6 Å². The topological polar surface area (TPSA) is 23.6 Å². The van der Waals surface area contributed by atoms with Gasteiger partial charge < -0.3 is 4.90 Å². The Morgan fingerprint density at radius 3 is 2.65 bits per heavy atom. The number of rotatable bonds is 6. The van der Waals surface area contributed by atoms with E-state index in [4.69, 9.17) is 11.6 Å². The molecule has 1 aromatic heterocycles. The number of hydrogen-bond acceptors (Lipinski definition) is 3. The van der Waals surface area contributed by atoms with Crippen molar-refractivity contribution < 1.29 is 9.18 Å². The van der Waals surface area contributed by atoms with Crippen LogP contribution in [0.3, 0.4) is 0 Å². The molecular formula is C17H20ClFN2OS. The number of halogens is 2. The van der Waals surface area contributed by atoms with Crippen LogP contribution in [0.5, 0.6) is 0 Å². The van der Waals surface area contributed by atoms with Crippen LogP contribution < -0.4 is 0 Å². The minimum Gasteiger partial charge on any atom is -0.340 e. The quantitative estimate of drug-likeness (QED) is 0.776. The van der Waals surface area contributed by atoms with Crippen LogP contribution in [0.15, 0.2) is 35.7 Å². The van der Waals surface area contributed by atoms with E-state index in [9.17, 15) is 9.18 Å². The third-order valence-corrected chi connectivity index (χ3v) is 5.28. The van der Waals surface area contributed by atoms with Crippen molar-refractivity contribution in [3.8, 4) is 0 Å². The Kier molecular flexibility index (Phi) is 6.16. The van der Waals surface area contributed by atoms with Gasteiger partial charge in [-0.15, -0.1) is 11.3 Å². The maximum absolute atomic E-state index is 13.8. The van der Waals surface area contributed by atoms with Gasteiger partial charge in [-0.2, -0.15) is 0 Å². The summed E-state index contributed by atoms with van der Waals surface area (Å²) in [5, 5.41) is 2.36. The van der Waals surface area contributed by atoms with Gasteiger partial charge >= 0.3 is 0 Å². The molecule has 0 spiro atoms. The molecule has 1 aromatic carbocycles. The van der Waals surface area contributed by atoms with E-state index < -0.39 is 5.82 Å². The number of amides is 1. The van der Waals surface area contributed by atoms with Crippen LogP contribution in [-0.2, 0) is 11.3 Å². The molecule has 0 bridgehead atoms. The zero-order valence-electron chi connectivity index (χ0n) is 13.4. The average molecular weight is 355 g/mol. The molecule has 0 saturated carbocycles. The molecule has 0 radical (unpaired) electrons. The minimum atomic E-state index is -0.391. The highest BCUT2D eigenvalue weighted by atomic mass is 35.5. The number of carbonyl (C=O) groups is 1. The Labute approximate surface area is 145 Å². The van der Waals surface area contributed by atoms with E-state index in [1.54, 1.807) is 30.5 Å². The first kappa shape index (κ1) is 17.9. The molecular weight excluding hydrogens is 335 g/mol. The van der Waals surface area contributed by atoms with Gasteiger partial charge in [0, 0.05) is 35.1 Å². The zero-order valence-corrected chi connectivity index (χ0v) is 15.0. The molecule has 124 valence electrons. The van der Waals surface area contributed by atoms with E-state index >= 15 is 0 Å². The second-order valence-electron chi connectivity index (χ2n) is 5.56. The van der Waals surface area contributed by atoms with Gasteiger partial charge in [-0.25, -0.2) is 4.39 Å². The van der Waals surface area contributed by atoms with Crippen molar-refractivity contribution in [1.82, 2.24) is 9.80 Å². The van der Waals surface area contributed by atoms with Crippen LogP contribution in [0, 0.1) is 5.82 Å². The molecule has 0 fully saturated rings. The van der Waals surface area contributed by atoms with Crippen molar-refractivity contribution in [1.29, 1.82) is 0 Å². The molecule has 0 aliphatic heterocycles. The van der Waals surface area contributed by atoms with Crippen LogP contribution in [0.2, 0.25) is 5.02 Å². The number of likely N-dealkylation sites (N-methyl/N-ethyl adjacent to an activating group) is 2. The van der Waals surface area contributed by atoms with Crippen molar-refractivity contribution in [3.63, 3.8) is 0 Å². The zero-order chi connectivity index (χ0) is 17.0. The third kappa shape index (κ3) is 4.53. The molecule has 0 aliphatic rings. The Balaban J connectivity index is 1.97. The van der Waals surface area contributed by atoms with Crippen molar-refractivity contribution in [2.45, 2.75) is 19.5 Å². The van der Waals surface area contributed by atoms with Gasteiger partial charge in [0.1, 0.15) is 5.82 Å². The summed E-state index contributed by atoms with van der Waals surface area (Å²) in [5.41, 5.74) is 0.346. The molecule has 2 rings (SSSR count). The molecule has 0 aliphatic carbocycles. The lowest BCUT2D eigenvalue weighted by Crippen LogP contribution is -2.37. The molecule has 2 aromatic rings. The number of thiophene rings is 1. The Morgan fingerprint density at radius 2 is 2.04 bits per heavy atom. The molecule has 0 N–H and O–H groups in total. The highest BCUT2D eigenvalue weighted by Gasteiger charge is 2.19. The van der Waals surface area contributed by atoms with Gasteiger partial charge in [-0.1, -0.05) is 23.7 Å². The first-order chi connectivity index (χ1) is 10.9. The first-order valence-electron chi connectivity index (χ1n) is 7.30. The maximum Gasteiger partial charge on any atom is 0.236 e. The summed E-state index contributed by atoms with van der Waals surface area (Å²) in [6, 6.07) is 8.75. The van der Waals surface area contributed by atoms with E-state index in [0.29, 0.717) is 10.6 Å². The number of carbonyl (C=O) groups excluding carboxylic acids is 1. The van der Waals surface area contributed by atoms with E-state index in [1.165, 1.54) is 15.8 Å². The summed E-state index contributed by atoms with van der Waals surface area (Å²) in [6.07, 6.45) is 0. The first-order valence-corrected chi connectivity index (χ1v) is 8.56. The average Bonchev–Trinajstić information content (AvgIpc) is 3.04. The van der Waals surface area contributed by atoms with Gasteiger partial charge in [0.2, 0.25) is 5.91 Å². The largest absolute Gasteiger partial charge is 0.340 e. The smallest absolute Gasteiger partial charge is 0.236 e. The summed E-state index contributed by atoms with van der Waals surface area (Å²) < 4.78 is 13.8. The summed E-state index contributed by atoms with van der Waals surface area (Å²) in [6.45, 7) is 2.49. The second-order valence-corrected chi connectivity index (χ2v) is 6.94. The summed E-state index contributed by atoms with van der Waals surface area (Å²) in [4.78, 5) is 17.1. The predicted molar refractivity (Wildman–Crippen MR) is 93.2 cm³/mol. The van der Waals surface area contributed by atoms with Crippen molar-refractivity contribution >= 4 is 28.8 Å². The van der Waals surface area contributed by atoms with Crippen LogP contribution in [0.25, 0.3) is 0 Å². The second kappa shape index (κ2) is 7.90. The number of nitrogens with zero attached hydrogens (tertiary/aromatic N) is 2. The van der Waals surface area contributed by atoms with Gasteiger partial charge in [-0.3, -0.25) is 9.69 Å². The lowest BCUT2D eigenvalue weighted by Gasteiger charge is -2.26. The Hall–Kier alpha value is -1.43. The fraction of sp³-hybridized carbons (Fsp3) is 0.353. The summed E-state index contributed by atoms with van der Waals surface area (Å²) in [7, 11) is 3.57. The van der Waals surface area contributed by atoms with Gasteiger partial charge in [0.05, 0.1) is 6.54 Å². The maximum atomic E-state index is 13.8. The Morgan fingerprint density at radius 1 is 1.30 bits per heavy atom. The Bertz CT molecular complexity index is 642.